The minimum Gasteiger partial charge on any atom is -0.482 e. The summed E-state index contributed by atoms with van der Waals surface area (Å²) < 4.78 is 20.6. The number of carbonyl (C=O) groups excluding carboxylic acids is 2. The lowest BCUT2D eigenvalue weighted by molar-refractivity contribution is -0.384. The van der Waals surface area contributed by atoms with E-state index in [2.05, 4.69) is 5.32 Å². The molecule has 1 amide bonds. The molecule has 1 heterocycles. The predicted octanol–water partition coefficient (Wildman–Crippen LogP) is 2.12. The summed E-state index contributed by atoms with van der Waals surface area (Å²) in [6.07, 6.45) is 0. The Balaban J connectivity index is 1.40. The van der Waals surface area contributed by atoms with Gasteiger partial charge < -0.3 is 24.3 Å². The van der Waals surface area contributed by atoms with E-state index >= 15 is 0 Å². The third-order valence-corrected chi connectivity index (χ3v) is 4.04. The van der Waals surface area contributed by atoms with E-state index in [0.717, 1.165) is 5.56 Å². The lowest BCUT2D eigenvalue weighted by atomic mass is 10.1. The number of fused-ring (bicyclic) bond motifs is 1. The van der Waals surface area contributed by atoms with Crippen LogP contribution >= 0.6 is 0 Å². The van der Waals surface area contributed by atoms with Crippen LogP contribution in [0, 0.1) is 10.1 Å². The van der Waals surface area contributed by atoms with E-state index in [9.17, 15) is 19.7 Å². The fourth-order valence-electron chi connectivity index (χ4n) is 2.54. The molecule has 10 nitrogen and oxygen atoms in total. The lowest BCUT2D eigenvalue weighted by Gasteiger charge is -2.15. The van der Waals surface area contributed by atoms with E-state index in [0.29, 0.717) is 11.5 Å². The molecule has 0 aliphatic carbocycles. The monoisotopic (exact) mass is 402 g/mol. The molecule has 2 aromatic rings. The predicted molar refractivity (Wildman–Crippen MR) is 98.7 cm³/mol. The number of hydrogen-bond donors (Lipinski definition) is 1. The van der Waals surface area contributed by atoms with Crippen LogP contribution in [0.1, 0.15) is 18.5 Å². The zero-order chi connectivity index (χ0) is 20.8. The van der Waals surface area contributed by atoms with Crippen molar-refractivity contribution in [1.29, 1.82) is 0 Å². The molecule has 0 fully saturated rings. The van der Waals surface area contributed by atoms with Crippen molar-refractivity contribution < 1.29 is 33.5 Å². The first-order chi connectivity index (χ1) is 13.9. The molecule has 1 atom stereocenters. The van der Waals surface area contributed by atoms with Crippen LogP contribution in [0.15, 0.2) is 42.5 Å². The maximum absolute atomic E-state index is 12.0. The lowest BCUT2D eigenvalue weighted by Crippen LogP contribution is -2.31. The number of nitro benzene ring substituents is 1. The van der Waals surface area contributed by atoms with Gasteiger partial charge in [0, 0.05) is 12.1 Å². The number of rotatable bonds is 8. The molecular formula is C19H18N2O8. The van der Waals surface area contributed by atoms with Crippen LogP contribution in [0.2, 0.25) is 0 Å². The molecule has 152 valence electrons. The Kier molecular flexibility index (Phi) is 6.12. The van der Waals surface area contributed by atoms with Gasteiger partial charge in [-0.05, 0) is 36.8 Å². The summed E-state index contributed by atoms with van der Waals surface area (Å²) in [6, 6.07) is 10.3. The van der Waals surface area contributed by atoms with Crippen LogP contribution < -0.4 is 19.5 Å². The van der Waals surface area contributed by atoms with Gasteiger partial charge in [-0.15, -0.1) is 0 Å². The van der Waals surface area contributed by atoms with Gasteiger partial charge in [-0.1, -0.05) is 6.07 Å². The van der Waals surface area contributed by atoms with Gasteiger partial charge in [-0.3, -0.25) is 14.9 Å². The van der Waals surface area contributed by atoms with E-state index in [1.165, 1.54) is 24.3 Å². The summed E-state index contributed by atoms with van der Waals surface area (Å²) in [5, 5.41) is 13.3. The van der Waals surface area contributed by atoms with Gasteiger partial charge in [-0.25, -0.2) is 4.79 Å². The summed E-state index contributed by atoms with van der Waals surface area (Å²) in [4.78, 5) is 33.7. The van der Waals surface area contributed by atoms with E-state index in [1.54, 1.807) is 19.1 Å². The second-order valence-electron chi connectivity index (χ2n) is 6.10. The average Bonchev–Trinajstić information content (AvgIpc) is 3.18. The summed E-state index contributed by atoms with van der Waals surface area (Å²) in [6.45, 7) is 1.06. The minimum atomic E-state index is -0.741. The molecule has 1 N–H and O–H groups in total. The Labute approximate surface area is 165 Å². The average molecular weight is 402 g/mol. The first-order valence-corrected chi connectivity index (χ1v) is 8.64. The number of benzene rings is 2. The van der Waals surface area contributed by atoms with Gasteiger partial charge in [0.2, 0.25) is 6.79 Å². The molecule has 1 aliphatic rings. The first kappa shape index (κ1) is 19.9. The SMILES string of the molecule is C[C@H](NC(=O)COC(=O)COc1ccc([N+](=O)[O-])cc1)c1ccc2c(c1)OCO2. The third kappa shape index (κ3) is 5.34. The van der Waals surface area contributed by atoms with Crippen molar-refractivity contribution in [3.63, 3.8) is 0 Å². The molecule has 0 unspecified atom stereocenters. The van der Waals surface area contributed by atoms with Crippen molar-refractivity contribution in [1.82, 2.24) is 5.32 Å². The topological polar surface area (TPSA) is 126 Å². The molecule has 0 aromatic heterocycles. The van der Waals surface area contributed by atoms with E-state index in [4.69, 9.17) is 18.9 Å². The largest absolute Gasteiger partial charge is 0.482 e. The van der Waals surface area contributed by atoms with Crippen molar-refractivity contribution in [2.24, 2.45) is 0 Å². The number of nitrogens with one attached hydrogen (secondary N) is 1. The highest BCUT2D eigenvalue weighted by Crippen LogP contribution is 2.34. The molecule has 29 heavy (non-hydrogen) atoms. The van der Waals surface area contributed by atoms with Crippen molar-refractivity contribution >= 4 is 17.6 Å². The molecule has 0 bridgehead atoms. The number of nitrogens with zero attached hydrogens (tertiary/aromatic N) is 1. The molecule has 2 aromatic carbocycles. The van der Waals surface area contributed by atoms with Gasteiger partial charge in [0.05, 0.1) is 11.0 Å². The van der Waals surface area contributed by atoms with Gasteiger partial charge >= 0.3 is 5.97 Å². The zero-order valence-electron chi connectivity index (χ0n) is 15.5. The number of amides is 1. The highest BCUT2D eigenvalue weighted by molar-refractivity contribution is 5.81. The standard InChI is InChI=1S/C19H18N2O8/c1-12(13-2-7-16-17(8-13)29-11-28-16)20-18(22)9-27-19(23)10-26-15-5-3-14(4-6-15)21(24)25/h2-8,12H,9-11H2,1H3,(H,20,22)/t12-/m0/s1. The van der Waals surface area contributed by atoms with E-state index < -0.39 is 30.0 Å². The van der Waals surface area contributed by atoms with Gasteiger partial charge in [0.1, 0.15) is 5.75 Å². The van der Waals surface area contributed by atoms with Crippen molar-refractivity contribution in [2.45, 2.75) is 13.0 Å². The number of non-ortho nitro benzene ring substituents is 1. The molecular weight excluding hydrogens is 384 g/mol. The highest BCUT2D eigenvalue weighted by Gasteiger charge is 2.17. The maximum atomic E-state index is 12.0. The molecule has 0 saturated carbocycles. The second kappa shape index (κ2) is 8.91. The van der Waals surface area contributed by atoms with Crippen LogP contribution in [-0.4, -0.2) is 36.8 Å². The van der Waals surface area contributed by atoms with Crippen molar-refractivity contribution in [2.75, 3.05) is 20.0 Å². The van der Waals surface area contributed by atoms with Gasteiger partial charge in [0.25, 0.3) is 11.6 Å². The van der Waals surface area contributed by atoms with Crippen LogP contribution in [0.25, 0.3) is 0 Å². The molecule has 10 heteroatoms. The first-order valence-electron chi connectivity index (χ1n) is 8.64. The van der Waals surface area contributed by atoms with Crippen LogP contribution in [-0.2, 0) is 14.3 Å². The third-order valence-electron chi connectivity index (χ3n) is 4.04. The highest BCUT2D eigenvalue weighted by atomic mass is 16.7. The summed E-state index contributed by atoms with van der Waals surface area (Å²) in [5.74, 6) is 0.314. The Morgan fingerprint density at radius 1 is 1.14 bits per heavy atom. The molecule has 3 rings (SSSR count). The Hall–Kier alpha value is -3.82. The molecule has 0 radical (unpaired) electrons. The van der Waals surface area contributed by atoms with Crippen LogP contribution in [0.5, 0.6) is 17.2 Å². The van der Waals surface area contributed by atoms with Gasteiger partial charge in [0.15, 0.2) is 24.7 Å². The fraction of sp³-hybridized carbons (Fsp3) is 0.263. The minimum absolute atomic E-state index is 0.0897. The normalized spacial score (nSPS) is 12.7. The fourth-order valence-corrected chi connectivity index (χ4v) is 2.54. The molecule has 0 spiro atoms. The molecule has 0 saturated heterocycles. The quantitative estimate of drug-likeness (QED) is 0.404. The number of nitro groups is 1. The Bertz CT molecular complexity index is 913. The van der Waals surface area contributed by atoms with E-state index in [-0.39, 0.29) is 24.3 Å². The summed E-state index contributed by atoms with van der Waals surface area (Å²) in [5.41, 5.74) is 0.726. The second-order valence-corrected chi connectivity index (χ2v) is 6.10. The maximum Gasteiger partial charge on any atom is 0.344 e. The number of carbonyl (C=O) groups is 2. The van der Waals surface area contributed by atoms with Crippen LogP contribution in [0.3, 0.4) is 0 Å². The summed E-state index contributed by atoms with van der Waals surface area (Å²) >= 11 is 0. The summed E-state index contributed by atoms with van der Waals surface area (Å²) in [7, 11) is 0. The number of hydrogen-bond acceptors (Lipinski definition) is 8. The number of ether oxygens (including phenoxy) is 4. The Morgan fingerprint density at radius 3 is 2.59 bits per heavy atom. The zero-order valence-corrected chi connectivity index (χ0v) is 15.5. The Morgan fingerprint density at radius 2 is 1.86 bits per heavy atom. The van der Waals surface area contributed by atoms with Gasteiger partial charge in [-0.2, -0.15) is 0 Å². The van der Waals surface area contributed by atoms with Crippen LogP contribution in [0.4, 0.5) is 5.69 Å². The number of esters is 1. The van der Waals surface area contributed by atoms with E-state index in [1.807, 2.05) is 6.07 Å². The smallest absolute Gasteiger partial charge is 0.344 e. The van der Waals surface area contributed by atoms with Crippen molar-refractivity contribution in [3.05, 3.63) is 58.1 Å². The molecule has 1 aliphatic heterocycles. The van der Waals surface area contributed by atoms with Crippen molar-refractivity contribution in [3.8, 4) is 17.2 Å².